The standard InChI is InChI=1S/C28H25N3O4/c1-2-35-27(33)24-18-30(17-16-23-22-10-6-7-11-25(22)29-26(23)24)28(34)31(19-8-4-3-5-9-19)20-12-14-21(32)15-13-20/h3-15,18,29,32H,2,16-17H2,1H3. The Bertz CT molecular complexity index is 1410. The Morgan fingerprint density at radius 3 is 2.40 bits per heavy atom. The second-order valence-electron chi connectivity index (χ2n) is 8.20. The minimum Gasteiger partial charge on any atom is -0.508 e. The Labute approximate surface area is 202 Å². The third-order valence-corrected chi connectivity index (χ3v) is 6.03. The number of H-pyrrole nitrogens is 1. The second kappa shape index (κ2) is 9.38. The van der Waals surface area contributed by atoms with Crippen LogP contribution < -0.4 is 4.90 Å². The number of aromatic amines is 1. The number of carbonyl (C=O) groups excluding carboxylic acids is 2. The SMILES string of the molecule is CCOC(=O)C1=CN(C(=O)N(c2ccccc2)c2ccc(O)cc2)CCc2c1[nH]c1ccccc21. The topological polar surface area (TPSA) is 85.9 Å². The van der Waals surface area contributed by atoms with Crippen molar-refractivity contribution in [3.63, 3.8) is 0 Å². The summed E-state index contributed by atoms with van der Waals surface area (Å²) < 4.78 is 5.35. The molecule has 0 bridgehead atoms. The van der Waals surface area contributed by atoms with Gasteiger partial charge in [-0.3, -0.25) is 9.80 Å². The highest BCUT2D eigenvalue weighted by Gasteiger charge is 2.30. The van der Waals surface area contributed by atoms with Crippen LogP contribution in [0.5, 0.6) is 5.75 Å². The van der Waals surface area contributed by atoms with Gasteiger partial charge in [-0.15, -0.1) is 0 Å². The Balaban J connectivity index is 1.60. The van der Waals surface area contributed by atoms with Gasteiger partial charge in [-0.2, -0.15) is 0 Å². The number of anilines is 2. The first-order valence-electron chi connectivity index (χ1n) is 11.5. The smallest absolute Gasteiger partial charge is 0.341 e. The number of phenolic OH excluding ortho intramolecular Hbond substituents is 1. The van der Waals surface area contributed by atoms with Crippen LogP contribution in [0, 0.1) is 0 Å². The fourth-order valence-electron chi connectivity index (χ4n) is 4.40. The van der Waals surface area contributed by atoms with Crippen molar-refractivity contribution in [2.75, 3.05) is 18.1 Å². The number of hydrogen-bond donors (Lipinski definition) is 2. The van der Waals surface area contributed by atoms with Crippen LogP contribution in [0.25, 0.3) is 16.5 Å². The van der Waals surface area contributed by atoms with E-state index in [-0.39, 0.29) is 18.4 Å². The van der Waals surface area contributed by atoms with Crippen molar-refractivity contribution >= 4 is 39.9 Å². The van der Waals surface area contributed by atoms with E-state index < -0.39 is 5.97 Å². The normalized spacial score (nSPS) is 13.1. The lowest BCUT2D eigenvalue weighted by molar-refractivity contribution is -0.136. The molecule has 2 amide bonds. The molecular weight excluding hydrogens is 442 g/mol. The number of nitrogens with one attached hydrogen (secondary N) is 1. The first-order valence-corrected chi connectivity index (χ1v) is 11.5. The molecule has 176 valence electrons. The van der Waals surface area contributed by atoms with E-state index in [1.54, 1.807) is 35.1 Å². The number of fused-ring (bicyclic) bond motifs is 3. The zero-order valence-electron chi connectivity index (χ0n) is 19.3. The lowest BCUT2D eigenvalue weighted by Crippen LogP contribution is -2.38. The molecule has 7 nitrogen and oxygen atoms in total. The van der Waals surface area contributed by atoms with Gasteiger partial charge in [-0.05, 0) is 61.4 Å². The number of nitrogens with zero attached hydrogens (tertiary/aromatic N) is 2. The summed E-state index contributed by atoms with van der Waals surface area (Å²) in [6, 6.07) is 23.3. The Morgan fingerprint density at radius 1 is 0.971 bits per heavy atom. The molecule has 3 aromatic carbocycles. The summed E-state index contributed by atoms with van der Waals surface area (Å²) in [5.41, 5.74) is 4.16. The molecule has 35 heavy (non-hydrogen) atoms. The summed E-state index contributed by atoms with van der Waals surface area (Å²) >= 11 is 0. The van der Waals surface area contributed by atoms with Crippen molar-refractivity contribution in [1.29, 1.82) is 0 Å². The van der Waals surface area contributed by atoms with Crippen LogP contribution in [0.1, 0.15) is 18.2 Å². The van der Waals surface area contributed by atoms with E-state index in [9.17, 15) is 14.7 Å². The Kier molecular flexibility index (Phi) is 5.97. The van der Waals surface area contributed by atoms with Crippen molar-refractivity contribution in [3.05, 3.63) is 96.3 Å². The summed E-state index contributed by atoms with van der Waals surface area (Å²) in [5.74, 6) is -0.380. The van der Waals surface area contributed by atoms with Gasteiger partial charge >= 0.3 is 12.0 Å². The van der Waals surface area contributed by atoms with Crippen LogP contribution in [0.3, 0.4) is 0 Å². The molecule has 0 radical (unpaired) electrons. The van der Waals surface area contributed by atoms with Gasteiger partial charge in [0.15, 0.2) is 0 Å². The van der Waals surface area contributed by atoms with Crippen LogP contribution in [0.2, 0.25) is 0 Å². The predicted octanol–water partition coefficient (Wildman–Crippen LogP) is 5.59. The lowest BCUT2D eigenvalue weighted by atomic mass is 10.0. The zero-order valence-corrected chi connectivity index (χ0v) is 19.3. The maximum Gasteiger partial charge on any atom is 0.341 e. The highest BCUT2D eigenvalue weighted by Crippen LogP contribution is 2.33. The quantitative estimate of drug-likeness (QED) is 0.383. The van der Waals surface area contributed by atoms with Crippen LogP contribution >= 0.6 is 0 Å². The van der Waals surface area contributed by atoms with E-state index in [1.807, 2.05) is 54.6 Å². The molecule has 2 N–H and O–H groups in total. The summed E-state index contributed by atoms with van der Waals surface area (Å²) in [6.07, 6.45) is 2.14. The number of benzene rings is 3. The number of phenols is 1. The Morgan fingerprint density at radius 2 is 1.66 bits per heavy atom. The molecule has 1 aliphatic heterocycles. The summed E-state index contributed by atoms with van der Waals surface area (Å²) in [5, 5.41) is 10.8. The lowest BCUT2D eigenvalue weighted by Gasteiger charge is -2.29. The van der Waals surface area contributed by atoms with Crippen molar-refractivity contribution in [1.82, 2.24) is 9.88 Å². The van der Waals surface area contributed by atoms with Gasteiger partial charge in [0.05, 0.1) is 29.2 Å². The molecule has 7 heteroatoms. The number of hydrogen-bond acceptors (Lipinski definition) is 4. The van der Waals surface area contributed by atoms with Gasteiger partial charge in [0, 0.05) is 23.6 Å². The van der Waals surface area contributed by atoms with Gasteiger partial charge in [0.1, 0.15) is 5.75 Å². The highest BCUT2D eigenvalue weighted by atomic mass is 16.5. The maximum absolute atomic E-state index is 14.0. The largest absolute Gasteiger partial charge is 0.508 e. The van der Waals surface area contributed by atoms with Crippen LogP contribution in [0.4, 0.5) is 16.2 Å². The van der Waals surface area contributed by atoms with Crippen LogP contribution in [0.15, 0.2) is 85.1 Å². The number of esters is 1. The van der Waals surface area contributed by atoms with Gasteiger partial charge < -0.3 is 14.8 Å². The third-order valence-electron chi connectivity index (χ3n) is 6.03. The van der Waals surface area contributed by atoms with Crippen molar-refractivity contribution < 1.29 is 19.4 Å². The molecule has 0 saturated carbocycles. The highest BCUT2D eigenvalue weighted by molar-refractivity contribution is 6.18. The fraction of sp³-hybridized carbons (Fsp3) is 0.143. The van der Waals surface area contributed by atoms with E-state index in [0.29, 0.717) is 35.6 Å². The first-order chi connectivity index (χ1) is 17.1. The van der Waals surface area contributed by atoms with Gasteiger partial charge in [-0.1, -0.05) is 36.4 Å². The van der Waals surface area contributed by atoms with Crippen LogP contribution in [-0.4, -0.2) is 40.1 Å². The number of rotatable bonds is 4. The first kappa shape index (κ1) is 22.3. The Hall–Kier alpha value is -4.52. The summed E-state index contributed by atoms with van der Waals surface area (Å²) in [6.45, 7) is 2.35. The number of ether oxygens (including phenoxy) is 1. The maximum atomic E-state index is 14.0. The van der Waals surface area contributed by atoms with Crippen LogP contribution in [-0.2, 0) is 16.0 Å². The number of urea groups is 1. The van der Waals surface area contributed by atoms with E-state index in [0.717, 1.165) is 16.5 Å². The summed E-state index contributed by atoms with van der Waals surface area (Å²) in [7, 11) is 0. The molecule has 0 unspecified atom stereocenters. The van der Waals surface area contributed by atoms with Gasteiger partial charge in [-0.25, -0.2) is 9.59 Å². The predicted molar refractivity (Wildman–Crippen MR) is 135 cm³/mol. The van der Waals surface area contributed by atoms with Crippen molar-refractivity contribution in [3.8, 4) is 5.75 Å². The molecular formula is C28H25N3O4. The minimum atomic E-state index is -0.490. The third kappa shape index (κ3) is 4.24. The van der Waals surface area contributed by atoms with Crippen molar-refractivity contribution in [2.45, 2.75) is 13.3 Å². The van der Waals surface area contributed by atoms with E-state index in [2.05, 4.69) is 4.98 Å². The molecule has 2 heterocycles. The van der Waals surface area contributed by atoms with Gasteiger partial charge in [0.25, 0.3) is 0 Å². The molecule has 4 aromatic rings. The molecule has 5 rings (SSSR count). The fourth-order valence-corrected chi connectivity index (χ4v) is 4.40. The van der Waals surface area contributed by atoms with Crippen molar-refractivity contribution in [2.24, 2.45) is 0 Å². The average molecular weight is 468 g/mol. The molecule has 1 aromatic heterocycles. The van der Waals surface area contributed by atoms with Gasteiger partial charge in [0.2, 0.25) is 0 Å². The number of amides is 2. The van der Waals surface area contributed by atoms with E-state index >= 15 is 0 Å². The zero-order chi connectivity index (χ0) is 24.4. The molecule has 0 atom stereocenters. The number of para-hydroxylation sites is 2. The number of carbonyl (C=O) groups is 2. The minimum absolute atomic E-state index is 0.110. The molecule has 0 aliphatic carbocycles. The summed E-state index contributed by atoms with van der Waals surface area (Å²) in [4.78, 5) is 33.5. The van der Waals surface area contributed by atoms with E-state index in [4.69, 9.17) is 4.74 Å². The molecule has 0 saturated heterocycles. The average Bonchev–Trinajstić information content (AvgIpc) is 3.13. The number of aromatic nitrogens is 1. The second-order valence-corrected chi connectivity index (χ2v) is 8.20. The number of aromatic hydroxyl groups is 1. The molecule has 0 spiro atoms. The molecule has 0 fully saturated rings. The monoisotopic (exact) mass is 467 g/mol. The van der Waals surface area contributed by atoms with E-state index in [1.165, 1.54) is 12.1 Å². The molecule has 1 aliphatic rings.